The molecule has 0 unspecified atom stereocenters. The van der Waals surface area contributed by atoms with Gasteiger partial charge in [0.15, 0.2) is 16.7 Å². The number of rotatable bonds is 6. The molecule has 0 spiro atoms. The van der Waals surface area contributed by atoms with Gasteiger partial charge in [-0.05, 0) is 95.0 Å². The van der Waals surface area contributed by atoms with Crippen molar-refractivity contribution in [2.45, 2.75) is 20.5 Å². The summed E-state index contributed by atoms with van der Waals surface area (Å²) in [6.07, 6.45) is 1.83. The average molecular weight is 495 g/mol. The SMILES string of the molecule is COc1cc(/C=C2\SC(=Nc3ccc(C)c(C)c3)NC2=O)ccc1OCc1ccc2ccccc2c1. The number of thioether (sulfide) groups is 1. The van der Waals surface area contributed by atoms with E-state index < -0.39 is 0 Å². The lowest BCUT2D eigenvalue weighted by atomic mass is 10.1. The lowest BCUT2D eigenvalue weighted by Crippen LogP contribution is -2.19. The zero-order valence-corrected chi connectivity index (χ0v) is 21.2. The first-order chi connectivity index (χ1) is 17.5. The number of ether oxygens (including phenoxy) is 2. The molecule has 36 heavy (non-hydrogen) atoms. The molecule has 1 fully saturated rings. The smallest absolute Gasteiger partial charge is 0.264 e. The van der Waals surface area contributed by atoms with Crippen molar-refractivity contribution in [3.63, 3.8) is 0 Å². The number of amides is 1. The number of methoxy groups -OCH3 is 1. The zero-order valence-electron chi connectivity index (χ0n) is 20.4. The Balaban J connectivity index is 1.30. The highest BCUT2D eigenvalue weighted by Gasteiger charge is 2.24. The maximum absolute atomic E-state index is 12.5. The van der Waals surface area contributed by atoms with Crippen LogP contribution in [-0.2, 0) is 11.4 Å². The third-order valence-corrected chi connectivity index (χ3v) is 6.98. The number of carbonyl (C=O) groups is 1. The minimum atomic E-state index is -0.168. The number of aryl methyl sites for hydroxylation is 2. The Bertz CT molecular complexity index is 1520. The van der Waals surface area contributed by atoms with Crippen LogP contribution in [0.1, 0.15) is 22.3 Å². The van der Waals surface area contributed by atoms with Crippen LogP contribution in [0.3, 0.4) is 0 Å². The number of hydrogen-bond donors (Lipinski definition) is 1. The minimum Gasteiger partial charge on any atom is -0.493 e. The summed E-state index contributed by atoms with van der Waals surface area (Å²) < 4.78 is 11.6. The summed E-state index contributed by atoms with van der Waals surface area (Å²) in [5.41, 5.74) is 5.11. The molecule has 0 radical (unpaired) electrons. The van der Waals surface area contributed by atoms with E-state index in [4.69, 9.17) is 9.47 Å². The maximum atomic E-state index is 12.5. The highest BCUT2D eigenvalue weighted by atomic mass is 32.2. The van der Waals surface area contributed by atoms with Gasteiger partial charge >= 0.3 is 0 Å². The highest BCUT2D eigenvalue weighted by molar-refractivity contribution is 8.18. The standard InChI is InChI=1S/C30H26N2O3S/c1-19-8-12-25(14-20(19)2)31-30-32-29(33)28(36-30)17-21-10-13-26(27(16-21)34-3)35-18-22-9-11-23-6-4-5-7-24(23)15-22/h4-17H,18H2,1-3H3,(H,31,32,33)/b28-17-. The minimum absolute atomic E-state index is 0.168. The Morgan fingerprint density at radius 3 is 2.53 bits per heavy atom. The monoisotopic (exact) mass is 494 g/mol. The molecule has 5 rings (SSSR count). The van der Waals surface area contributed by atoms with Gasteiger partial charge in [-0.3, -0.25) is 4.79 Å². The Morgan fingerprint density at radius 1 is 0.889 bits per heavy atom. The summed E-state index contributed by atoms with van der Waals surface area (Å²) in [5.74, 6) is 1.09. The number of fused-ring (bicyclic) bond motifs is 1. The first-order valence-corrected chi connectivity index (χ1v) is 12.5. The quantitative estimate of drug-likeness (QED) is 0.295. The molecule has 0 saturated carbocycles. The van der Waals surface area contributed by atoms with Gasteiger partial charge in [0.25, 0.3) is 5.91 Å². The molecule has 0 atom stereocenters. The normalized spacial score (nSPS) is 15.5. The molecule has 0 aromatic heterocycles. The molecule has 1 amide bonds. The molecule has 6 heteroatoms. The number of nitrogens with one attached hydrogen (secondary N) is 1. The van der Waals surface area contributed by atoms with Gasteiger partial charge in [-0.25, -0.2) is 4.99 Å². The fraction of sp³-hybridized carbons (Fsp3) is 0.133. The van der Waals surface area contributed by atoms with E-state index in [2.05, 4.69) is 47.6 Å². The molecule has 5 nitrogen and oxygen atoms in total. The van der Waals surface area contributed by atoms with Gasteiger partial charge in [0.05, 0.1) is 17.7 Å². The second-order valence-electron chi connectivity index (χ2n) is 8.63. The van der Waals surface area contributed by atoms with Gasteiger partial charge in [-0.1, -0.05) is 48.5 Å². The van der Waals surface area contributed by atoms with Crippen LogP contribution >= 0.6 is 11.8 Å². The van der Waals surface area contributed by atoms with E-state index in [-0.39, 0.29) is 5.91 Å². The second kappa shape index (κ2) is 10.3. The number of nitrogens with zero attached hydrogens (tertiary/aromatic N) is 1. The molecule has 0 aliphatic carbocycles. The van der Waals surface area contributed by atoms with Crippen LogP contribution < -0.4 is 14.8 Å². The first-order valence-electron chi connectivity index (χ1n) is 11.6. The molecule has 4 aromatic carbocycles. The number of carbonyl (C=O) groups excluding carboxylic acids is 1. The van der Waals surface area contributed by atoms with Crippen molar-refractivity contribution in [1.82, 2.24) is 5.32 Å². The highest BCUT2D eigenvalue weighted by Crippen LogP contribution is 2.33. The maximum Gasteiger partial charge on any atom is 0.264 e. The van der Waals surface area contributed by atoms with Gasteiger partial charge in [-0.2, -0.15) is 0 Å². The van der Waals surface area contributed by atoms with E-state index in [0.717, 1.165) is 22.4 Å². The van der Waals surface area contributed by atoms with E-state index in [9.17, 15) is 4.79 Å². The van der Waals surface area contributed by atoms with Crippen molar-refractivity contribution in [1.29, 1.82) is 0 Å². The number of amidine groups is 1. The van der Waals surface area contributed by atoms with Crippen molar-refractivity contribution in [2.24, 2.45) is 4.99 Å². The summed E-state index contributed by atoms with van der Waals surface area (Å²) in [6.45, 7) is 4.54. The van der Waals surface area contributed by atoms with Crippen molar-refractivity contribution < 1.29 is 14.3 Å². The van der Waals surface area contributed by atoms with Crippen LogP contribution in [0.15, 0.2) is 88.8 Å². The largest absolute Gasteiger partial charge is 0.493 e. The third kappa shape index (κ3) is 5.29. The second-order valence-corrected chi connectivity index (χ2v) is 9.66. The fourth-order valence-electron chi connectivity index (χ4n) is 3.93. The molecule has 4 aromatic rings. The molecule has 1 aliphatic rings. The molecule has 0 bridgehead atoms. The first kappa shape index (κ1) is 23.7. The summed E-state index contributed by atoms with van der Waals surface area (Å²) in [4.78, 5) is 17.7. The predicted octanol–water partition coefficient (Wildman–Crippen LogP) is 6.94. The molecular formula is C30H26N2O3S. The van der Waals surface area contributed by atoms with Crippen LogP contribution in [-0.4, -0.2) is 18.2 Å². The molecule has 1 N–H and O–H groups in total. The van der Waals surface area contributed by atoms with Crippen LogP contribution in [0.5, 0.6) is 11.5 Å². The van der Waals surface area contributed by atoms with Crippen molar-refractivity contribution in [3.05, 3.63) is 106 Å². The molecule has 1 heterocycles. The van der Waals surface area contributed by atoms with Crippen molar-refractivity contribution >= 4 is 45.4 Å². The van der Waals surface area contributed by atoms with E-state index in [1.54, 1.807) is 7.11 Å². The van der Waals surface area contributed by atoms with Gasteiger partial charge in [-0.15, -0.1) is 0 Å². The van der Waals surface area contributed by atoms with Gasteiger partial charge in [0, 0.05) is 0 Å². The lowest BCUT2D eigenvalue weighted by Gasteiger charge is -2.12. The summed E-state index contributed by atoms with van der Waals surface area (Å²) in [7, 11) is 1.61. The summed E-state index contributed by atoms with van der Waals surface area (Å²) in [5, 5.41) is 5.80. The predicted molar refractivity (Wildman–Crippen MR) is 148 cm³/mol. The summed E-state index contributed by atoms with van der Waals surface area (Å²) >= 11 is 1.32. The fourth-order valence-corrected chi connectivity index (χ4v) is 4.77. The number of hydrogen-bond acceptors (Lipinski definition) is 5. The van der Waals surface area contributed by atoms with Crippen LogP contribution in [0.25, 0.3) is 16.8 Å². The Kier molecular flexibility index (Phi) is 6.78. The molecule has 1 aliphatic heterocycles. The Hall–Kier alpha value is -4.03. The summed E-state index contributed by atoms with van der Waals surface area (Å²) in [6, 6.07) is 26.2. The lowest BCUT2D eigenvalue weighted by molar-refractivity contribution is -0.115. The average Bonchev–Trinajstić information content (AvgIpc) is 3.23. The van der Waals surface area contributed by atoms with Crippen molar-refractivity contribution in [3.8, 4) is 11.5 Å². The topological polar surface area (TPSA) is 59.9 Å². The Morgan fingerprint density at radius 2 is 1.72 bits per heavy atom. The third-order valence-electron chi connectivity index (χ3n) is 6.07. The van der Waals surface area contributed by atoms with Gasteiger partial charge < -0.3 is 14.8 Å². The van der Waals surface area contributed by atoms with Crippen molar-refractivity contribution in [2.75, 3.05) is 7.11 Å². The van der Waals surface area contributed by atoms with E-state index in [0.29, 0.717) is 28.2 Å². The molecule has 180 valence electrons. The van der Waals surface area contributed by atoms with E-state index in [1.807, 2.05) is 61.5 Å². The zero-order chi connectivity index (χ0) is 25.1. The van der Waals surface area contributed by atoms with E-state index >= 15 is 0 Å². The number of aliphatic imine (C=N–C) groups is 1. The molecule has 1 saturated heterocycles. The van der Waals surface area contributed by atoms with Crippen LogP contribution in [0.2, 0.25) is 0 Å². The number of benzene rings is 4. The van der Waals surface area contributed by atoms with Crippen LogP contribution in [0.4, 0.5) is 5.69 Å². The van der Waals surface area contributed by atoms with E-state index in [1.165, 1.54) is 28.1 Å². The molecular weight excluding hydrogens is 468 g/mol. The van der Waals surface area contributed by atoms with Crippen LogP contribution in [0, 0.1) is 13.8 Å². The van der Waals surface area contributed by atoms with Gasteiger partial charge in [0.1, 0.15) is 6.61 Å². The van der Waals surface area contributed by atoms with Gasteiger partial charge in [0.2, 0.25) is 0 Å². The Labute approximate surface area is 214 Å².